The van der Waals surface area contributed by atoms with Crippen LogP contribution in [0.5, 0.6) is 0 Å². The lowest BCUT2D eigenvalue weighted by molar-refractivity contribution is -0.115. The van der Waals surface area contributed by atoms with Gasteiger partial charge in [0.05, 0.1) is 16.3 Å². The van der Waals surface area contributed by atoms with Crippen LogP contribution in [0.1, 0.15) is 16.9 Å². The number of carbonyl (C=O) groups excluding carboxylic acids is 1. The Morgan fingerprint density at radius 3 is 2.36 bits per heavy atom. The topological polar surface area (TPSA) is 76.1 Å². The molecule has 1 heterocycles. The van der Waals surface area contributed by atoms with Crippen molar-refractivity contribution < 1.29 is 13.2 Å². The van der Waals surface area contributed by atoms with Crippen molar-refractivity contribution in [3.05, 3.63) is 63.4 Å². The highest BCUT2D eigenvalue weighted by atomic mass is 79.9. The van der Waals surface area contributed by atoms with E-state index in [0.29, 0.717) is 5.13 Å². The molecule has 0 aliphatic heterocycles. The Morgan fingerprint density at radius 2 is 1.71 bits per heavy atom. The molecule has 5 nitrogen and oxygen atoms in total. The Morgan fingerprint density at radius 1 is 1.07 bits per heavy atom. The van der Waals surface area contributed by atoms with Crippen LogP contribution in [0, 0.1) is 13.8 Å². The molecule has 0 aliphatic carbocycles. The summed E-state index contributed by atoms with van der Waals surface area (Å²) in [5.74, 6) is -0.613. The fourth-order valence-electron chi connectivity index (χ4n) is 2.60. The van der Waals surface area contributed by atoms with E-state index >= 15 is 0 Å². The summed E-state index contributed by atoms with van der Waals surface area (Å²) in [6, 6.07) is 14.4. The number of nitrogens with zero attached hydrogens (tertiary/aromatic N) is 1. The molecule has 0 unspecified atom stereocenters. The molecule has 146 valence electrons. The lowest BCUT2D eigenvalue weighted by Gasteiger charge is -2.05. The van der Waals surface area contributed by atoms with E-state index in [2.05, 4.69) is 26.2 Å². The normalized spacial score (nSPS) is 11.4. The number of thiazole rings is 1. The van der Waals surface area contributed by atoms with Gasteiger partial charge in [-0.3, -0.25) is 4.79 Å². The molecule has 3 rings (SSSR count). The van der Waals surface area contributed by atoms with Crippen molar-refractivity contribution in [2.75, 3.05) is 11.1 Å². The summed E-state index contributed by atoms with van der Waals surface area (Å²) in [6.45, 7) is 3.83. The molecule has 0 aliphatic rings. The van der Waals surface area contributed by atoms with Gasteiger partial charge in [-0.1, -0.05) is 45.8 Å². The van der Waals surface area contributed by atoms with Crippen LogP contribution in [-0.2, 0) is 14.6 Å². The summed E-state index contributed by atoms with van der Waals surface area (Å²) in [6.07, 6.45) is -0.123. The molecule has 2 aromatic carbocycles. The first-order valence-corrected chi connectivity index (χ1v) is 11.8. The van der Waals surface area contributed by atoms with E-state index in [-0.39, 0.29) is 23.0 Å². The summed E-state index contributed by atoms with van der Waals surface area (Å²) >= 11 is 4.77. The number of amides is 1. The highest BCUT2D eigenvalue weighted by Gasteiger charge is 2.18. The molecular formula is C20H19BrN2O3S2. The van der Waals surface area contributed by atoms with E-state index in [1.807, 2.05) is 38.1 Å². The van der Waals surface area contributed by atoms with Crippen LogP contribution >= 0.6 is 27.3 Å². The quantitative estimate of drug-likeness (QED) is 0.541. The van der Waals surface area contributed by atoms with E-state index in [9.17, 15) is 13.2 Å². The lowest BCUT2D eigenvalue weighted by Crippen LogP contribution is -2.17. The zero-order valence-corrected chi connectivity index (χ0v) is 18.6. The number of carbonyl (C=O) groups is 1. The molecule has 1 amide bonds. The van der Waals surface area contributed by atoms with Crippen LogP contribution in [0.2, 0.25) is 0 Å². The minimum Gasteiger partial charge on any atom is -0.302 e. The third-order valence-electron chi connectivity index (χ3n) is 4.14. The lowest BCUT2D eigenvalue weighted by atomic mass is 10.1. The van der Waals surface area contributed by atoms with Crippen molar-refractivity contribution in [2.24, 2.45) is 0 Å². The molecule has 0 spiro atoms. The summed E-state index contributed by atoms with van der Waals surface area (Å²) in [7, 11) is -3.50. The molecule has 28 heavy (non-hydrogen) atoms. The van der Waals surface area contributed by atoms with Gasteiger partial charge >= 0.3 is 0 Å². The van der Waals surface area contributed by atoms with Crippen LogP contribution in [0.25, 0.3) is 11.3 Å². The Kier molecular flexibility index (Phi) is 6.32. The SMILES string of the molecule is Cc1ccc(S(=O)(=O)CCC(=O)Nc2nc(-c3ccc(Br)cc3)c(C)s2)cc1. The summed E-state index contributed by atoms with van der Waals surface area (Å²) in [5, 5.41) is 3.18. The van der Waals surface area contributed by atoms with E-state index < -0.39 is 9.84 Å². The highest BCUT2D eigenvalue weighted by molar-refractivity contribution is 9.10. The zero-order chi connectivity index (χ0) is 20.3. The van der Waals surface area contributed by atoms with E-state index in [4.69, 9.17) is 0 Å². The number of aromatic nitrogens is 1. The Labute approximate surface area is 176 Å². The van der Waals surface area contributed by atoms with Gasteiger partial charge in [-0.2, -0.15) is 0 Å². The summed E-state index contributed by atoms with van der Waals surface area (Å²) in [4.78, 5) is 17.9. The molecule has 0 saturated carbocycles. The van der Waals surface area contributed by atoms with Crippen molar-refractivity contribution in [3.63, 3.8) is 0 Å². The largest absolute Gasteiger partial charge is 0.302 e. The van der Waals surface area contributed by atoms with E-state index in [0.717, 1.165) is 26.2 Å². The van der Waals surface area contributed by atoms with Crippen LogP contribution in [0.4, 0.5) is 5.13 Å². The maximum Gasteiger partial charge on any atom is 0.227 e. The van der Waals surface area contributed by atoms with Gasteiger partial charge in [0.1, 0.15) is 0 Å². The Balaban J connectivity index is 1.64. The first-order valence-electron chi connectivity index (χ1n) is 8.57. The van der Waals surface area contributed by atoms with Crippen molar-refractivity contribution in [1.82, 2.24) is 4.98 Å². The fourth-order valence-corrected chi connectivity index (χ4v) is 4.95. The average Bonchev–Trinajstić information content (AvgIpc) is 3.01. The number of sulfone groups is 1. The van der Waals surface area contributed by atoms with Gasteiger partial charge in [-0.05, 0) is 38.1 Å². The van der Waals surface area contributed by atoms with Gasteiger partial charge in [-0.15, -0.1) is 11.3 Å². The number of nitrogens with one attached hydrogen (secondary N) is 1. The summed E-state index contributed by atoms with van der Waals surface area (Å²) in [5.41, 5.74) is 2.75. The molecule has 8 heteroatoms. The van der Waals surface area contributed by atoms with Crippen molar-refractivity contribution in [2.45, 2.75) is 25.2 Å². The van der Waals surface area contributed by atoms with Crippen LogP contribution in [-0.4, -0.2) is 25.1 Å². The smallest absolute Gasteiger partial charge is 0.227 e. The number of aryl methyl sites for hydroxylation is 2. The van der Waals surface area contributed by atoms with Crippen molar-refractivity contribution >= 4 is 48.1 Å². The van der Waals surface area contributed by atoms with Gasteiger partial charge < -0.3 is 5.32 Å². The maximum absolute atomic E-state index is 12.4. The molecule has 1 N–H and O–H groups in total. The predicted molar refractivity (Wildman–Crippen MR) is 116 cm³/mol. The standard InChI is InChI=1S/C20H19BrN2O3S2/c1-13-3-9-17(10-4-13)28(25,26)12-11-18(24)22-20-23-19(14(2)27-20)15-5-7-16(21)8-6-15/h3-10H,11-12H2,1-2H3,(H,22,23,24). The number of benzene rings is 2. The second-order valence-corrected chi connectivity index (χ2v) is 10.6. The van der Waals surface area contributed by atoms with E-state index in [1.165, 1.54) is 11.3 Å². The monoisotopic (exact) mass is 478 g/mol. The molecule has 0 fully saturated rings. The van der Waals surface area contributed by atoms with E-state index in [1.54, 1.807) is 24.3 Å². The maximum atomic E-state index is 12.4. The molecule has 1 aromatic heterocycles. The minimum atomic E-state index is -3.50. The fraction of sp³-hybridized carbons (Fsp3) is 0.200. The predicted octanol–water partition coefficient (Wildman–Crippen LogP) is 4.99. The average molecular weight is 479 g/mol. The van der Waals surface area contributed by atoms with Gasteiger partial charge in [-0.25, -0.2) is 13.4 Å². The number of hydrogen-bond donors (Lipinski definition) is 1. The number of rotatable bonds is 6. The van der Waals surface area contributed by atoms with Crippen molar-refractivity contribution in [3.8, 4) is 11.3 Å². The second-order valence-electron chi connectivity index (χ2n) is 6.36. The van der Waals surface area contributed by atoms with Crippen LogP contribution in [0.15, 0.2) is 57.9 Å². The molecular weight excluding hydrogens is 460 g/mol. The Bertz CT molecular complexity index is 1090. The number of hydrogen-bond acceptors (Lipinski definition) is 5. The molecule has 0 radical (unpaired) electrons. The third-order valence-corrected chi connectivity index (χ3v) is 7.29. The second kappa shape index (κ2) is 8.55. The molecule has 0 saturated heterocycles. The minimum absolute atomic E-state index is 0.123. The highest BCUT2D eigenvalue weighted by Crippen LogP contribution is 2.31. The zero-order valence-electron chi connectivity index (χ0n) is 15.4. The van der Waals surface area contributed by atoms with Crippen molar-refractivity contribution in [1.29, 1.82) is 0 Å². The number of anilines is 1. The third kappa shape index (κ3) is 5.06. The first kappa shape index (κ1) is 20.7. The van der Waals surface area contributed by atoms with Gasteiger partial charge in [0.25, 0.3) is 0 Å². The van der Waals surface area contributed by atoms with Gasteiger partial charge in [0, 0.05) is 21.3 Å². The Hall–Kier alpha value is -2.03. The van der Waals surface area contributed by atoms with Crippen LogP contribution < -0.4 is 5.32 Å². The molecule has 0 bridgehead atoms. The first-order chi connectivity index (χ1) is 13.2. The van der Waals surface area contributed by atoms with Gasteiger partial charge in [0.15, 0.2) is 15.0 Å². The molecule has 3 aromatic rings. The number of halogens is 1. The summed E-state index contributed by atoms with van der Waals surface area (Å²) < 4.78 is 25.7. The molecule has 0 atom stereocenters. The van der Waals surface area contributed by atoms with Gasteiger partial charge in [0.2, 0.25) is 5.91 Å². The van der Waals surface area contributed by atoms with Crippen LogP contribution in [0.3, 0.4) is 0 Å².